The van der Waals surface area contributed by atoms with Crippen LogP contribution in [-0.2, 0) is 5.75 Å². The number of anilines is 2. The first-order valence-corrected chi connectivity index (χ1v) is 5.28. The molecule has 0 fully saturated rings. The van der Waals surface area contributed by atoms with E-state index < -0.39 is 0 Å². The third-order valence-electron chi connectivity index (χ3n) is 1.68. The molecule has 0 aliphatic heterocycles. The van der Waals surface area contributed by atoms with Crippen LogP contribution in [0.15, 0.2) is 33.9 Å². The fraction of sp³-hybridized carbons (Fsp3) is 0.111. The third-order valence-corrected chi connectivity index (χ3v) is 2.62. The molecule has 4 N–H and O–H groups in total. The van der Waals surface area contributed by atoms with Crippen LogP contribution in [0.5, 0.6) is 0 Å². The molecule has 2 aromatic rings. The zero-order valence-electron chi connectivity index (χ0n) is 7.88. The van der Waals surface area contributed by atoms with Crippen LogP contribution in [0.3, 0.4) is 0 Å². The van der Waals surface area contributed by atoms with Gasteiger partial charge in [0.2, 0.25) is 5.95 Å². The summed E-state index contributed by atoms with van der Waals surface area (Å²) in [4.78, 5) is 7.83. The maximum atomic E-state index is 5.54. The number of hydrogen-bond donors (Lipinski definition) is 2. The molecule has 6 heteroatoms. The summed E-state index contributed by atoms with van der Waals surface area (Å²) in [6.07, 6.45) is 1.64. The van der Waals surface area contributed by atoms with E-state index in [1.54, 1.807) is 12.3 Å². The zero-order valence-corrected chi connectivity index (χ0v) is 8.70. The topological polar surface area (TPSA) is 91.0 Å². The van der Waals surface area contributed by atoms with Crippen LogP contribution in [0.1, 0.15) is 5.76 Å². The Morgan fingerprint density at radius 1 is 1.33 bits per heavy atom. The Bertz CT molecular complexity index is 423. The third kappa shape index (κ3) is 2.63. The van der Waals surface area contributed by atoms with Gasteiger partial charge >= 0.3 is 0 Å². The van der Waals surface area contributed by atoms with Gasteiger partial charge in [0.1, 0.15) is 16.6 Å². The summed E-state index contributed by atoms with van der Waals surface area (Å²) in [5.41, 5.74) is 11.0. The summed E-state index contributed by atoms with van der Waals surface area (Å²) in [6, 6.07) is 5.43. The van der Waals surface area contributed by atoms with E-state index in [-0.39, 0.29) is 5.95 Å². The smallest absolute Gasteiger partial charge is 0.223 e. The van der Waals surface area contributed by atoms with Gasteiger partial charge in [-0.15, -0.1) is 0 Å². The molecule has 0 aromatic carbocycles. The summed E-state index contributed by atoms with van der Waals surface area (Å²) in [5.74, 6) is 2.15. The number of nitrogens with two attached hydrogens (primary N) is 2. The number of aromatic nitrogens is 2. The van der Waals surface area contributed by atoms with Crippen molar-refractivity contribution in [3.05, 3.63) is 30.2 Å². The molecule has 0 bridgehead atoms. The predicted molar refractivity (Wildman–Crippen MR) is 59.1 cm³/mol. The van der Waals surface area contributed by atoms with Crippen molar-refractivity contribution in [3.8, 4) is 0 Å². The second-order valence-electron chi connectivity index (χ2n) is 2.86. The van der Waals surface area contributed by atoms with Gasteiger partial charge < -0.3 is 15.9 Å². The molecule has 0 unspecified atom stereocenters. The Morgan fingerprint density at radius 2 is 2.20 bits per heavy atom. The maximum absolute atomic E-state index is 5.54. The monoisotopic (exact) mass is 222 g/mol. The second-order valence-corrected chi connectivity index (χ2v) is 3.85. The van der Waals surface area contributed by atoms with E-state index in [9.17, 15) is 0 Å². The first kappa shape index (κ1) is 9.85. The van der Waals surface area contributed by atoms with Crippen molar-refractivity contribution in [2.75, 3.05) is 11.5 Å². The van der Waals surface area contributed by atoms with E-state index in [4.69, 9.17) is 15.9 Å². The van der Waals surface area contributed by atoms with E-state index in [0.29, 0.717) is 11.6 Å². The highest BCUT2D eigenvalue weighted by Gasteiger charge is 2.02. The minimum absolute atomic E-state index is 0.192. The Morgan fingerprint density at radius 3 is 2.87 bits per heavy atom. The van der Waals surface area contributed by atoms with Crippen molar-refractivity contribution in [3.63, 3.8) is 0 Å². The predicted octanol–water partition coefficient (Wildman–Crippen LogP) is 1.53. The van der Waals surface area contributed by atoms with E-state index in [2.05, 4.69) is 9.97 Å². The molecule has 15 heavy (non-hydrogen) atoms. The molecule has 0 saturated heterocycles. The summed E-state index contributed by atoms with van der Waals surface area (Å²) in [5, 5.41) is 0.747. The van der Waals surface area contributed by atoms with Crippen molar-refractivity contribution >= 4 is 23.5 Å². The number of rotatable bonds is 3. The molecule has 78 valence electrons. The average Bonchev–Trinajstić information content (AvgIpc) is 2.65. The Hall–Kier alpha value is -1.69. The molecule has 2 heterocycles. The van der Waals surface area contributed by atoms with E-state index >= 15 is 0 Å². The van der Waals surface area contributed by atoms with Crippen molar-refractivity contribution in [1.29, 1.82) is 0 Å². The summed E-state index contributed by atoms with van der Waals surface area (Å²) in [6.45, 7) is 0. The molecule has 0 saturated carbocycles. The van der Waals surface area contributed by atoms with Gasteiger partial charge in [-0.1, -0.05) is 11.8 Å². The fourth-order valence-corrected chi connectivity index (χ4v) is 1.89. The Kier molecular flexibility index (Phi) is 2.77. The molecule has 0 amide bonds. The highest BCUT2D eigenvalue weighted by atomic mass is 32.2. The van der Waals surface area contributed by atoms with Gasteiger partial charge in [0, 0.05) is 6.07 Å². The van der Waals surface area contributed by atoms with Crippen LogP contribution < -0.4 is 11.5 Å². The number of nitrogen functional groups attached to an aromatic ring is 2. The lowest BCUT2D eigenvalue weighted by Crippen LogP contribution is -1.99. The maximum Gasteiger partial charge on any atom is 0.223 e. The average molecular weight is 222 g/mol. The van der Waals surface area contributed by atoms with Crippen LogP contribution >= 0.6 is 11.8 Å². The molecule has 0 atom stereocenters. The Balaban J connectivity index is 2.05. The van der Waals surface area contributed by atoms with Gasteiger partial charge in [0.05, 0.1) is 12.0 Å². The van der Waals surface area contributed by atoms with Crippen molar-refractivity contribution in [2.45, 2.75) is 10.8 Å². The largest absolute Gasteiger partial charge is 0.468 e. The van der Waals surface area contributed by atoms with Crippen molar-refractivity contribution < 1.29 is 4.42 Å². The number of nitrogens with zero attached hydrogens (tertiary/aromatic N) is 2. The molecule has 2 rings (SSSR count). The van der Waals surface area contributed by atoms with Crippen LogP contribution in [0.2, 0.25) is 0 Å². The van der Waals surface area contributed by atoms with Gasteiger partial charge in [-0.05, 0) is 12.1 Å². The van der Waals surface area contributed by atoms with Crippen LogP contribution in [0.4, 0.5) is 11.8 Å². The minimum atomic E-state index is 0.192. The van der Waals surface area contributed by atoms with E-state index in [0.717, 1.165) is 10.8 Å². The minimum Gasteiger partial charge on any atom is -0.468 e. The molecule has 0 aliphatic rings. The highest BCUT2D eigenvalue weighted by Crippen LogP contribution is 2.22. The number of hydrogen-bond acceptors (Lipinski definition) is 6. The lowest BCUT2D eigenvalue weighted by Gasteiger charge is -2.01. The second kappa shape index (κ2) is 4.22. The lowest BCUT2D eigenvalue weighted by molar-refractivity contribution is 0.530. The molecule has 0 radical (unpaired) electrons. The Labute approximate surface area is 90.9 Å². The van der Waals surface area contributed by atoms with E-state index in [1.165, 1.54) is 11.8 Å². The molecular weight excluding hydrogens is 212 g/mol. The molecule has 0 spiro atoms. The number of furan rings is 1. The molecule has 0 aliphatic carbocycles. The van der Waals surface area contributed by atoms with Gasteiger partial charge in [-0.25, -0.2) is 4.98 Å². The first-order chi connectivity index (χ1) is 7.24. The first-order valence-electron chi connectivity index (χ1n) is 4.29. The number of thioether (sulfide) groups is 1. The fourth-order valence-electron chi connectivity index (χ4n) is 1.07. The van der Waals surface area contributed by atoms with Gasteiger partial charge in [-0.3, -0.25) is 0 Å². The van der Waals surface area contributed by atoms with Gasteiger partial charge in [0.25, 0.3) is 0 Å². The zero-order chi connectivity index (χ0) is 10.7. The normalized spacial score (nSPS) is 10.4. The summed E-state index contributed by atoms with van der Waals surface area (Å²) >= 11 is 1.50. The van der Waals surface area contributed by atoms with Crippen LogP contribution in [-0.4, -0.2) is 9.97 Å². The van der Waals surface area contributed by atoms with Crippen molar-refractivity contribution in [1.82, 2.24) is 9.97 Å². The summed E-state index contributed by atoms with van der Waals surface area (Å²) < 4.78 is 5.19. The summed E-state index contributed by atoms with van der Waals surface area (Å²) in [7, 11) is 0. The van der Waals surface area contributed by atoms with Gasteiger partial charge in [0.15, 0.2) is 0 Å². The quantitative estimate of drug-likeness (QED) is 0.604. The van der Waals surface area contributed by atoms with E-state index in [1.807, 2.05) is 12.1 Å². The standard InChI is InChI=1S/C9H10N4OS/c10-7-4-8(13-9(11)12-7)15-5-6-2-1-3-14-6/h1-4H,5H2,(H4,10,11,12,13). The van der Waals surface area contributed by atoms with Crippen LogP contribution in [0, 0.1) is 0 Å². The van der Waals surface area contributed by atoms with Crippen LogP contribution in [0.25, 0.3) is 0 Å². The molecule has 5 nitrogen and oxygen atoms in total. The SMILES string of the molecule is Nc1cc(SCc2ccco2)nc(N)n1. The highest BCUT2D eigenvalue weighted by molar-refractivity contribution is 7.98. The van der Waals surface area contributed by atoms with Crippen molar-refractivity contribution in [2.24, 2.45) is 0 Å². The van der Waals surface area contributed by atoms with Gasteiger partial charge in [-0.2, -0.15) is 4.98 Å². The lowest BCUT2D eigenvalue weighted by atomic mass is 10.5. The molecule has 2 aromatic heterocycles. The molecular formula is C9H10N4OS.